The first-order valence-corrected chi connectivity index (χ1v) is 6.97. The van der Waals surface area contributed by atoms with Crippen LogP contribution in [0.25, 0.3) is 0 Å². The third kappa shape index (κ3) is 3.51. The Morgan fingerprint density at radius 1 is 1.59 bits per heavy atom. The minimum atomic E-state index is -0.337. The van der Waals surface area contributed by atoms with Gasteiger partial charge < -0.3 is 5.32 Å². The zero-order chi connectivity index (χ0) is 12.3. The summed E-state index contributed by atoms with van der Waals surface area (Å²) < 4.78 is 14.2. The van der Waals surface area contributed by atoms with E-state index in [-0.39, 0.29) is 11.9 Å². The van der Waals surface area contributed by atoms with Gasteiger partial charge in [-0.1, -0.05) is 0 Å². The van der Waals surface area contributed by atoms with Gasteiger partial charge in [0.25, 0.3) is 0 Å². The smallest absolute Gasteiger partial charge is 0.166 e. The number of nitrogens with zero attached hydrogens (tertiary/aromatic N) is 1. The Morgan fingerprint density at radius 2 is 2.41 bits per heavy atom. The summed E-state index contributed by atoms with van der Waals surface area (Å²) in [6, 6.07) is 3.63. The van der Waals surface area contributed by atoms with Crippen LogP contribution < -0.4 is 5.32 Å². The van der Waals surface area contributed by atoms with Crippen molar-refractivity contribution in [3.63, 3.8) is 0 Å². The molecule has 1 N–H and O–H groups in total. The minimum absolute atomic E-state index is 0.146. The van der Waals surface area contributed by atoms with Crippen molar-refractivity contribution in [1.29, 1.82) is 0 Å². The fourth-order valence-electron chi connectivity index (χ4n) is 1.57. The molecule has 0 fully saturated rings. The Bertz CT molecular complexity index is 487. The second-order valence-electron chi connectivity index (χ2n) is 3.87. The molecule has 2 heterocycles. The SMILES string of the molecule is CC(Cc1ccsc1)Nc1ncc(Br)cc1F. The Morgan fingerprint density at radius 3 is 3.06 bits per heavy atom. The normalized spacial score (nSPS) is 12.4. The summed E-state index contributed by atoms with van der Waals surface area (Å²) in [6.07, 6.45) is 2.45. The molecule has 0 bridgehead atoms. The molecule has 17 heavy (non-hydrogen) atoms. The second-order valence-corrected chi connectivity index (χ2v) is 5.56. The third-order valence-electron chi connectivity index (χ3n) is 2.31. The van der Waals surface area contributed by atoms with Crippen molar-refractivity contribution in [1.82, 2.24) is 4.98 Å². The van der Waals surface area contributed by atoms with E-state index in [4.69, 9.17) is 0 Å². The summed E-state index contributed by atoms with van der Waals surface area (Å²) in [4.78, 5) is 4.02. The topological polar surface area (TPSA) is 24.9 Å². The van der Waals surface area contributed by atoms with Gasteiger partial charge >= 0.3 is 0 Å². The molecule has 0 aliphatic heterocycles. The number of rotatable bonds is 4. The summed E-state index contributed by atoms with van der Waals surface area (Å²) in [5.41, 5.74) is 1.26. The number of thiophene rings is 1. The summed E-state index contributed by atoms with van der Waals surface area (Å²) in [5, 5.41) is 7.22. The van der Waals surface area contributed by atoms with Crippen LogP contribution in [0.4, 0.5) is 10.2 Å². The Balaban J connectivity index is 2.00. The summed E-state index contributed by atoms with van der Waals surface area (Å²) in [6.45, 7) is 2.01. The van der Waals surface area contributed by atoms with Crippen LogP contribution in [0.5, 0.6) is 0 Å². The van der Waals surface area contributed by atoms with Gasteiger partial charge in [0.05, 0.1) is 0 Å². The molecule has 2 aromatic rings. The van der Waals surface area contributed by atoms with Crippen LogP contribution in [0.1, 0.15) is 12.5 Å². The molecule has 0 radical (unpaired) electrons. The maximum absolute atomic E-state index is 13.5. The lowest BCUT2D eigenvalue weighted by molar-refractivity contribution is 0.618. The lowest BCUT2D eigenvalue weighted by Crippen LogP contribution is -2.19. The third-order valence-corrected chi connectivity index (χ3v) is 3.48. The van der Waals surface area contributed by atoms with Crippen molar-refractivity contribution in [2.75, 3.05) is 5.32 Å². The van der Waals surface area contributed by atoms with Crippen molar-refractivity contribution in [2.24, 2.45) is 0 Å². The highest BCUT2D eigenvalue weighted by Gasteiger charge is 2.09. The first kappa shape index (κ1) is 12.5. The van der Waals surface area contributed by atoms with Gasteiger partial charge in [0, 0.05) is 16.7 Å². The molecule has 0 saturated heterocycles. The molecule has 0 amide bonds. The molecular formula is C12H12BrFN2S. The van der Waals surface area contributed by atoms with E-state index in [2.05, 4.69) is 37.7 Å². The Labute approximate surface area is 112 Å². The van der Waals surface area contributed by atoms with Crippen LogP contribution in [-0.2, 0) is 6.42 Å². The van der Waals surface area contributed by atoms with E-state index >= 15 is 0 Å². The van der Waals surface area contributed by atoms with Crippen LogP contribution in [-0.4, -0.2) is 11.0 Å². The predicted molar refractivity (Wildman–Crippen MR) is 73.0 cm³/mol. The molecule has 2 nitrogen and oxygen atoms in total. The highest BCUT2D eigenvalue weighted by molar-refractivity contribution is 9.10. The van der Waals surface area contributed by atoms with Gasteiger partial charge in [-0.3, -0.25) is 0 Å². The van der Waals surface area contributed by atoms with Gasteiger partial charge in [0.2, 0.25) is 0 Å². The van der Waals surface area contributed by atoms with E-state index in [9.17, 15) is 4.39 Å². The molecule has 1 atom stereocenters. The maximum Gasteiger partial charge on any atom is 0.166 e. The molecule has 2 rings (SSSR count). The molecule has 1 unspecified atom stereocenters. The molecule has 5 heteroatoms. The monoisotopic (exact) mass is 314 g/mol. The highest BCUT2D eigenvalue weighted by atomic mass is 79.9. The van der Waals surface area contributed by atoms with Gasteiger partial charge in [0.1, 0.15) is 0 Å². The maximum atomic E-state index is 13.5. The number of hydrogen-bond acceptors (Lipinski definition) is 3. The molecule has 90 valence electrons. The van der Waals surface area contributed by atoms with Crippen LogP contribution in [0, 0.1) is 5.82 Å². The van der Waals surface area contributed by atoms with Crippen LogP contribution in [0.2, 0.25) is 0 Å². The van der Waals surface area contributed by atoms with Gasteiger partial charge in [-0.05, 0) is 57.7 Å². The summed E-state index contributed by atoms with van der Waals surface area (Å²) >= 11 is 4.85. The standard InChI is InChI=1S/C12H12BrFN2S/c1-8(4-9-2-3-17-7-9)16-12-11(14)5-10(13)6-15-12/h2-3,5-8H,4H2,1H3,(H,15,16). The summed E-state index contributed by atoms with van der Waals surface area (Å²) in [7, 11) is 0. The number of nitrogens with one attached hydrogen (secondary N) is 1. The largest absolute Gasteiger partial charge is 0.365 e. The van der Waals surface area contributed by atoms with Gasteiger partial charge in [-0.15, -0.1) is 0 Å². The number of pyridine rings is 1. The number of anilines is 1. The van der Waals surface area contributed by atoms with Gasteiger partial charge in [0.15, 0.2) is 11.6 Å². The van der Waals surface area contributed by atoms with E-state index in [1.807, 2.05) is 12.3 Å². The molecule has 0 aromatic carbocycles. The molecule has 0 spiro atoms. The van der Waals surface area contributed by atoms with Crippen molar-refractivity contribution < 1.29 is 4.39 Å². The van der Waals surface area contributed by atoms with Crippen LogP contribution in [0.3, 0.4) is 0 Å². The van der Waals surface area contributed by atoms with Gasteiger partial charge in [-0.2, -0.15) is 11.3 Å². The molecular weight excluding hydrogens is 303 g/mol. The van der Waals surface area contributed by atoms with Crippen LogP contribution in [0.15, 0.2) is 33.6 Å². The fraction of sp³-hybridized carbons (Fsp3) is 0.250. The number of aromatic nitrogens is 1. The van der Waals surface area contributed by atoms with E-state index in [0.29, 0.717) is 10.3 Å². The highest BCUT2D eigenvalue weighted by Crippen LogP contribution is 2.18. The van der Waals surface area contributed by atoms with Crippen molar-refractivity contribution in [2.45, 2.75) is 19.4 Å². The number of hydrogen-bond donors (Lipinski definition) is 1. The van der Waals surface area contributed by atoms with E-state index < -0.39 is 0 Å². The van der Waals surface area contributed by atoms with E-state index in [0.717, 1.165) is 6.42 Å². The van der Waals surface area contributed by atoms with E-state index in [1.165, 1.54) is 11.6 Å². The quantitative estimate of drug-likeness (QED) is 0.919. The fourth-order valence-corrected chi connectivity index (χ4v) is 2.55. The Hall–Kier alpha value is -0.940. The van der Waals surface area contributed by atoms with Crippen molar-refractivity contribution >= 4 is 33.1 Å². The Kier molecular flexibility index (Phi) is 4.12. The first-order valence-electron chi connectivity index (χ1n) is 5.24. The van der Waals surface area contributed by atoms with Gasteiger partial charge in [-0.25, -0.2) is 9.37 Å². The van der Waals surface area contributed by atoms with Crippen molar-refractivity contribution in [3.05, 3.63) is 44.9 Å². The molecule has 0 aliphatic rings. The zero-order valence-electron chi connectivity index (χ0n) is 9.28. The zero-order valence-corrected chi connectivity index (χ0v) is 11.7. The molecule has 2 aromatic heterocycles. The molecule has 0 aliphatic carbocycles. The van der Waals surface area contributed by atoms with Crippen molar-refractivity contribution in [3.8, 4) is 0 Å². The summed E-state index contributed by atoms with van der Waals surface area (Å²) in [5.74, 6) is -0.0347. The lowest BCUT2D eigenvalue weighted by Gasteiger charge is -2.14. The molecule has 0 saturated carbocycles. The van der Waals surface area contributed by atoms with Crippen LogP contribution >= 0.6 is 27.3 Å². The second kappa shape index (κ2) is 5.60. The van der Waals surface area contributed by atoms with E-state index in [1.54, 1.807) is 17.5 Å². The average Bonchev–Trinajstić information content (AvgIpc) is 2.75. The lowest BCUT2D eigenvalue weighted by atomic mass is 10.1. The predicted octanol–water partition coefficient (Wildman–Crippen LogP) is 4.09. The number of halogens is 2. The minimum Gasteiger partial charge on any atom is -0.365 e. The average molecular weight is 315 g/mol. The first-order chi connectivity index (χ1) is 8.15.